The summed E-state index contributed by atoms with van der Waals surface area (Å²) in [6.45, 7) is 4.35. The monoisotopic (exact) mass is 262 g/mol. The first-order chi connectivity index (χ1) is 9.00. The average Bonchev–Trinajstić information content (AvgIpc) is 3.16. The molecule has 0 saturated heterocycles. The van der Waals surface area contributed by atoms with Gasteiger partial charge in [-0.3, -0.25) is 14.6 Å². The Morgan fingerprint density at radius 1 is 1.47 bits per heavy atom. The van der Waals surface area contributed by atoms with Crippen molar-refractivity contribution < 1.29 is 14.7 Å². The lowest BCUT2D eigenvalue weighted by Gasteiger charge is -2.27. The van der Waals surface area contributed by atoms with Crippen molar-refractivity contribution in [2.24, 2.45) is 11.8 Å². The van der Waals surface area contributed by atoms with Crippen LogP contribution in [-0.2, 0) is 16.1 Å². The summed E-state index contributed by atoms with van der Waals surface area (Å²) < 4.78 is 0. The maximum Gasteiger partial charge on any atom is 0.307 e. The molecule has 2 atom stereocenters. The zero-order valence-electron chi connectivity index (χ0n) is 11.1. The average molecular weight is 262 g/mol. The van der Waals surface area contributed by atoms with E-state index < -0.39 is 11.9 Å². The molecule has 5 nitrogen and oxygen atoms in total. The van der Waals surface area contributed by atoms with Crippen LogP contribution in [0.2, 0.25) is 0 Å². The van der Waals surface area contributed by atoms with Gasteiger partial charge in [-0.05, 0) is 31.9 Å². The fourth-order valence-corrected chi connectivity index (χ4v) is 2.16. The van der Waals surface area contributed by atoms with E-state index >= 15 is 0 Å². The Hall–Kier alpha value is -1.91. The molecule has 0 bridgehead atoms. The van der Waals surface area contributed by atoms with Crippen molar-refractivity contribution in [3.8, 4) is 0 Å². The molecule has 102 valence electrons. The molecule has 1 saturated carbocycles. The predicted molar refractivity (Wildman–Crippen MR) is 69.2 cm³/mol. The number of carboxylic acid groups (broad SMARTS) is 1. The normalized spacial score (nSPS) is 21.2. The molecule has 19 heavy (non-hydrogen) atoms. The van der Waals surface area contributed by atoms with Gasteiger partial charge in [-0.2, -0.15) is 0 Å². The maximum absolute atomic E-state index is 12.3. The van der Waals surface area contributed by atoms with E-state index in [1.54, 1.807) is 17.3 Å². The van der Waals surface area contributed by atoms with Crippen LogP contribution in [0.5, 0.6) is 0 Å². The van der Waals surface area contributed by atoms with Crippen LogP contribution in [0, 0.1) is 11.8 Å². The molecule has 1 aliphatic carbocycles. The van der Waals surface area contributed by atoms with E-state index in [2.05, 4.69) is 4.98 Å². The molecule has 1 aromatic rings. The molecular formula is C14H18N2O3. The van der Waals surface area contributed by atoms with Crippen molar-refractivity contribution >= 4 is 11.9 Å². The highest BCUT2D eigenvalue weighted by molar-refractivity contribution is 5.89. The van der Waals surface area contributed by atoms with Gasteiger partial charge < -0.3 is 10.0 Å². The number of carbonyl (C=O) groups excluding carboxylic acids is 1. The van der Waals surface area contributed by atoms with Gasteiger partial charge in [0.25, 0.3) is 0 Å². The van der Waals surface area contributed by atoms with Gasteiger partial charge in [-0.15, -0.1) is 0 Å². The lowest BCUT2D eigenvalue weighted by molar-refractivity contribution is -0.142. The number of hydrogen-bond acceptors (Lipinski definition) is 3. The summed E-state index contributed by atoms with van der Waals surface area (Å²) in [5, 5.41) is 8.90. The summed E-state index contributed by atoms with van der Waals surface area (Å²) in [5.41, 5.74) is 0.956. The van der Waals surface area contributed by atoms with Gasteiger partial charge in [0.15, 0.2) is 0 Å². The van der Waals surface area contributed by atoms with E-state index in [1.165, 1.54) is 0 Å². The van der Waals surface area contributed by atoms with Crippen LogP contribution in [0.25, 0.3) is 0 Å². The lowest BCUT2D eigenvalue weighted by Crippen LogP contribution is -2.38. The number of carboxylic acids is 1. The Morgan fingerprint density at radius 3 is 2.68 bits per heavy atom. The SMILES string of the molecule is CC(C)N(Cc1cccnc1)C(=O)C1CC1C(=O)O. The van der Waals surface area contributed by atoms with Crippen LogP contribution in [0.4, 0.5) is 0 Å². The Bertz CT molecular complexity index is 473. The van der Waals surface area contributed by atoms with Crippen molar-refractivity contribution in [1.29, 1.82) is 0 Å². The predicted octanol–water partition coefficient (Wildman–Crippen LogP) is 1.54. The highest BCUT2D eigenvalue weighted by atomic mass is 16.4. The summed E-state index contributed by atoms with van der Waals surface area (Å²) >= 11 is 0. The van der Waals surface area contributed by atoms with Crippen LogP contribution in [0.1, 0.15) is 25.8 Å². The second-order valence-corrected chi connectivity index (χ2v) is 5.21. The molecule has 1 heterocycles. The number of rotatable bonds is 5. The van der Waals surface area contributed by atoms with Crippen LogP contribution in [0.15, 0.2) is 24.5 Å². The second kappa shape index (κ2) is 5.38. The standard InChI is InChI=1S/C14H18N2O3/c1-9(2)16(8-10-4-3-5-15-7-10)13(17)11-6-12(11)14(18)19/h3-5,7,9,11-12H,6,8H2,1-2H3,(H,18,19). The molecular weight excluding hydrogens is 244 g/mol. The highest BCUT2D eigenvalue weighted by Crippen LogP contribution is 2.40. The summed E-state index contributed by atoms with van der Waals surface area (Å²) in [7, 11) is 0. The van der Waals surface area contributed by atoms with Crippen molar-refractivity contribution in [2.75, 3.05) is 0 Å². The number of pyridine rings is 1. The molecule has 1 amide bonds. The third-order valence-electron chi connectivity index (χ3n) is 3.41. The summed E-state index contributed by atoms with van der Waals surface area (Å²) in [5.74, 6) is -1.78. The third kappa shape index (κ3) is 3.10. The Labute approximate surface area is 112 Å². The third-order valence-corrected chi connectivity index (χ3v) is 3.41. The Kier molecular flexibility index (Phi) is 3.83. The zero-order valence-corrected chi connectivity index (χ0v) is 11.1. The van der Waals surface area contributed by atoms with E-state index in [0.29, 0.717) is 13.0 Å². The Balaban J connectivity index is 2.05. The van der Waals surface area contributed by atoms with Gasteiger partial charge in [0.2, 0.25) is 5.91 Å². The number of amides is 1. The van der Waals surface area contributed by atoms with E-state index in [1.807, 2.05) is 26.0 Å². The second-order valence-electron chi connectivity index (χ2n) is 5.21. The molecule has 1 aromatic heterocycles. The van der Waals surface area contributed by atoms with Gasteiger partial charge in [0, 0.05) is 25.0 Å². The fourth-order valence-electron chi connectivity index (χ4n) is 2.16. The van der Waals surface area contributed by atoms with Gasteiger partial charge in [-0.1, -0.05) is 6.07 Å². The summed E-state index contributed by atoms with van der Waals surface area (Å²) in [6.07, 6.45) is 3.88. The van der Waals surface area contributed by atoms with Crippen LogP contribution in [0.3, 0.4) is 0 Å². The van der Waals surface area contributed by atoms with Crippen molar-refractivity contribution in [1.82, 2.24) is 9.88 Å². The smallest absolute Gasteiger partial charge is 0.307 e. The molecule has 2 unspecified atom stereocenters. The van der Waals surface area contributed by atoms with E-state index in [0.717, 1.165) is 5.56 Å². The summed E-state index contributed by atoms with van der Waals surface area (Å²) in [4.78, 5) is 28.9. The topological polar surface area (TPSA) is 70.5 Å². The molecule has 0 aromatic carbocycles. The van der Waals surface area contributed by atoms with Crippen molar-refractivity contribution in [2.45, 2.75) is 32.9 Å². The molecule has 1 fully saturated rings. The van der Waals surface area contributed by atoms with Crippen molar-refractivity contribution in [3.05, 3.63) is 30.1 Å². The Morgan fingerprint density at radius 2 is 2.21 bits per heavy atom. The first-order valence-electron chi connectivity index (χ1n) is 6.43. The van der Waals surface area contributed by atoms with Crippen LogP contribution in [-0.4, -0.2) is 32.9 Å². The minimum Gasteiger partial charge on any atom is -0.481 e. The minimum atomic E-state index is -0.872. The number of aliphatic carboxylic acids is 1. The zero-order chi connectivity index (χ0) is 14.0. The fraction of sp³-hybridized carbons (Fsp3) is 0.500. The lowest BCUT2D eigenvalue weighted by atomic mass is 10.2. The molecule has 1 aliphatic rings. The summed E-state index contributed by atoms with van der Waals surface area (Å²) in [6, 6.07) is 3.79. The quantitative estimate of drug-likeness (QED) is 0.873. The molecule has 1 N–H and O–H groups in total. The number of carbonyl (C=O) groups is 2. The number of aromatic nitrogens is 1. The van der Waals surface area contributed by atoms with E-state index in [9.17, 15) is 9.59 Å². The molecule has 0 radical (unpaired) electrons. The van der Waals surface area contributed by atoms with Gasteiger partial charge >= 0.3 is 5.97 Å². The van der Waals surface area contributed by atoms with Gasteiger partial charge in [-0.25, -0.2) is 0 Å². The molecule has 2 rings (SSSR count). The van der Waals surface area contributed by atoms with Gasteiger partial charge in [0.1, 0.15) is 0 Å². The molecule has 5 heteroatoms. The van der Waals surface area contributed by atoms with E-state index in [4.69, 9.17) is 5.11 Å². The number of nitrogens with zero attached hydrogens (tertiary/aromatic N) is 2. The first kappa shape index (κ1) is 13.5. The van der Waals surface area contributed by atoms with Gasteiger partial charge in [0.05, 0.1) is 11.8 Å². The number of hydrogen-bond donors (Lipinski definition) is 1. The first-order valence-corrected chi connectivity index (χ1v) is 6.43. The van der Waals surface area contributed by atoms with Crippen LogP contribution >= 0.6 is 0 Å². The van der Waals surface area contributed by atoms with E-state index in [-0.39, 0.29) is 17.9 Å². The molecule has 0 spiro atoms. The van der Waals surface area contributed by atoms with Crippen molar-refractivity contribution in [3.63, 3.8) is 0 Å². The highest BCUT2D eigenvalue weighted by Gasteiger charge is 2.50. The van der Waals surface area contributed by atoms with Crippen LogP contribution < -0.4 is 0 Å². The largest absolute Gasteiger partial charge is 0.481 e. The minimum absolute atomic E-state index is 0.0442. The molecule has 0 aliphatic heterocycles. The maximum atomic E-state index is 12.3.